The highest BCUT2D eigenvalue weighted by Crippen LogP contribution is 2.04. The van der Waals surface area contributed by atoms with E-state index < -0.39 is 15.1 Å². The van der Waals surface area contributed by atoms with Gasteiger partial charge in [0, 0.05) is 19.6 Å². The first-order valence-corrected chi connectivity index (χ1v) is 6.97. The number of amides is 1. The Kier molecular flexibility index (Phi) is 4.69. The molecule has 1 heterocycles. The zero-order valence-corrected chi connectivity index (χ0v) is 10.5. The molecule has 0 radical (unpaired) electrons. The number of hydrogen-bond donors (Lipinski definition) is 2. The minimum absolute atomic E-state index is 0.147. The Balaban J connectivity index is 2.39. The van der Waals surface area contributed by atoms with E-state index in [4.69, 9.17) is 0 Å². The molecule has 0 aliphatic carbocycles. The second kappa shape index (κ2) is 5.60. The summed E-state index contributed by atoms with van der Waals surface area (Å²) in [4.78, 5) is 13.1. The molecule has 0 spiro atoms. The summed E-state index contributed by atoms with van der Waals surface area (Å²) in [7, 11) is 0.542. The van der Waals surface area contributed by atoms with E-state index in [1.165, 1.54) is 0 Å². The molecule has 0 aromatic rings. The van der Waals surface area contributed by atoms with Crippen LogP contribution in [0.3, 0.4) is 0 Å². The summed E-state index contributed by atoms with van der Waals surface area (Å²) in [5, 5.41) is 5.16. The Morgan fingerprint density at radius 2 is 2.19 bits per heavy atom. The molecule has 1 saturated heterocycles. The predicted molar refractivity (Wildman–Crippen MR) is 62.0 cm³/mol. The second-order valence-electron chi connectivity index (χ2n) is 4.23. The first-order valence-electron chi connectivity index (χ1n) is 5.25. The van der Waals surface area contributed by atoms with Crippen molar-refractivity contribution in [2.45, 2.75) is 5.25 Å². The molecule has 2 N–H and O–H groups in total. The largest absolute Gasteiger partial charge is 0.354 e. The fourth-order valence-corrected chi connectivity index (χ4v) is 3.01. The number of nitrogens with zero attached hydrogens (tertiary/aromatic N) is 1. The fourth-order valence-electron chi connectivity index (χ4n) is 1.54. The van der Waals surface area contributed by atoms with Gasteiger partial charge in [-0.2, -0.15) is 0 Å². The Morgan fingerprint density at radius 3 is 2.75 bits per heavy atom. The maximum atomic E-state index is 11.6. The molecule has 0 aromatic carbocycles. The van der Waals surface area contributed by atoms with Gasteiger partial charge in [0.05, 0.1) is 17.5 Å². The van der Waals surface area contributed by atoms with Crippen LogP contribution in [0.1, 0.15) is 0 Å². The highest BCUT2D eigenvalue weighted by atomic mass is 32.2. The summed E-state index contributed by atoms with van der Waals surface area (Å²) in [5.41, 5.74) is 0. The van der Waals surface area contributed by atoms with Crippen LogP contribution in [0.5, 0.6) is 0 Å². The first-order chi connectivity index (χ1) is 7.42. The third-order valence-electron chi connectivity index (χ3n) is 2.43. The lowest BCUT2D eigenvalue weighted by molar-refractivity contribution is -0.121. The van der Waals surface area contributed by atoms with E-state index in [0.717, 1.165) is 0 Å². The SMILES string of the molecule is CN(C)CC(=O)NCC1CNCCS1(=O)=O. The smallest absolute Gasteiger partial charge is 0.234 e. The Bertz CT molecular complexity index is 340. The van der Waals surface area contributed by atoms with Crippen molar-refractivity contribution in [2.24, 2.45) is 0 Å². The highest BCUT2D eigenvalue weighted by molar-refractivity contribution is 7.92. The van der Waals surface area contributed by atoms with Gasteiger partial charge in [-0.25, -0.2) is 8.42 Å². The van der Waals surface area contributed by atoms with Gasteiger partial charge in [0.2, 0.25) is 5.91 Å². The molecule has 1 amide bonds. The van der Waals surface area contributed by atoms with Gasteiger partial charge in [0.1, 0.15) is 0 Å². The fraction of sp³-hybridized carbons (Fsp3) is 0.889. The van der Waals surface area contributed by atoms with Gasteiger partial charge < -0.3 is 15.5 Å². The Morgan fingerprint density at radius 1 is 1.50 bits per heavy atom. The quantitative estimate of drug-likeness (QED) is 0.605. The van der Waals surface area contributed by atoms with Gasteiger partial charge in [0.15, 0.2) is 9.84 Å². The number of sulfone groups is 1. The zero-order valence-electron chi connectivity index (χ0n) is 9.69. The summed E-state index contributed by atoms with van der Waals surface area (Å²) < 4.78 is 23.2. The van der Waals surface area contributed by atoms with Crippen molar-refractivity contribution in [1.82, 2.24) is 15.5 Å². The predicted octanol–water partition coefficient (Wildman–Crippen LogP) is -1.95. The molecule has 16 heavy (non-hydrogen) atoms. The van der Waals surface area contributed by atoms with Crippen molar-refractivity contribution < 1.29 is 13.2 Å². The number of carbonyl (C=O) groups is 1. The van der Waals surface area contributed by atoms with Crippen LogP contribution in [0, 0.1) is 0 Å². The molecule has 0 saturated carbocycles. The molecule has 7 heteroatoms. The molecule has 1 rings (SSSR count). The van der Waals surface area contributed by atoms with E-state index in [1.807, 2.05) is 0 Å². The average Bonchev–Trinajstić information content (AvgIpc) is 2.14. The lowest BCUT2D eigenvalue weighted by atomic mass is 10.4. The van der Waals surface area contributed by atoms with Crippen LogP contribution in [0.4, 0.5) is 0 Å². The first kappa shape index (κ1) is 13.4. The van der Waals surface area contributed by atoms with Gasteiger partial charge in [-0.05, 0) is 14.1 Å². The van der Waals surface area contributed by atoms with Crippen molar-refractivity contribution in [1.29, 1.82) is 0 Å². The van der Waals surface area contributed by atoms with Crippen molar-refractivity contribution in [3.05, 3.63) is 0 Å². The molecule has 1 unspecified atom stereocenters. The van der Waals surface area contributed by atoms with Crippen molar-refractivity contribution in [2.75, 3.05) is 46.0 Å². The van der Waals surface area contributed by atoms with Gasteiger partial charge in [-0.3, -0.25) is 4.79 Å². The lowest BCUT2D eigenvalue weighted by Gasteiger charge is -2.23. The van der Waals surface area contributed by atoms with Crippen LogP contribution < -0.4 is 10.6 Å². The van der Waals surface area contributed by atoms with E-state index in [9.17, 15) is 13.2 Å². The highest BCUT2D eigenvalue weighted by Gasteiger charge is 2.28. The van der Waals surface area contributed by atoms with E-state index in [0.29, 0.717) is 13.1 Å². The lowest BCUT2D eigenvalue weighted by Crippen LogP contribution is -2.50. The van der Waals surface area contributed by atoms with Crippen LogP contribution in [-0.2, 0) is 14.6 Å². The maximum Gasteiger partial charge on any atom is 0.234 e. The summed E-state index contributed by atoms with van der Waals surface area (Å²) >= 11 is 0. The van der Waals surface area contributed by atoms with E-state index in [-0.39, 0.29) is 24.7 Å². The number of hydrogen-bond acceptors (Lipinski definition) is 5. The van der Waals surface area contributed by atoms with Crippen LogP contribution in [-0.4, -0.2) is 70.5 Å². The maximum absolute atomic E-state index is 11.6. The molecule has 6 nitrogen and oxygen atoms in total. The third kappa shape index (κ3) is 4.07. The molecular weight excluding hydrogens is 230 g/mol. The van der Waals surface area contributed by atoms with Crippen molar-refractivity contribution in [3.63, 3.8) is 0 Å². The molecule has 1 atom stereocenters. The standard InChI is InChI=1S/C9H19N3O3S/c1-12(2)7-9(13)11-6-8-5-10-3-4-16(8,14)15/h8,10H,3-7H2,1-2H3,(H,11,13). The molecule has 0 aromatic heterocycles. The number of carbonyl (C=O) groups excluding carboxylic acids is 1. The summed E-state index contributed by atoms with van der Waals surface area (Å²) in [6, 6.07) is 0. The van der Waals surface area contributed by atoms with Crippen LogP contribution in [0.15, 0.2) is 0 Å². The van der Waals surface area contributed by atoms with E-state index >= 15 is 0 Å². The minimum atomic E-state index is -3.04. The van der Waals surface area contributed by atoms with Crippen molar-refractivity contribution >= 4 is 15.7 Å². The Labute approximate surface area is 96.3 Å². The normalized spacial score (nSPS) is 24.3. The zero-order chi connectivity index (χ0) is 12.2. The topological polar surface area (TPSA) is 78.5 Å². The second-order valence-corrected chi connectivity index (χ2v) is 6.64. The number of likely N-dealkylation sites (N-methyl/N-ethyl adjacent to an activating group) is 1. The van der Waals surface area contributed by atoms with Gasteiger partial charge in [-0.15, -0.1) is 0 Å². The van der Waals surface area contributed by atoms with Gasteiger partial charge in [0.25, 0.3) is 0 Å². The number of nitrogens with one attached hydrogen (secondary N) is 2. The summed E-state index contributed by atoms with van der Waals surface area (Å²) in [5.74, 6) is 0.00655. The summed E-state index contributed by atoms with van der Waals surface area (Å²) in [6.07, 6.45) is 0. The molecule has 1 aliphatic rings. The number of rotatable bonds is 4. The Hall–Kier alpha value is -0.660. The molecule has 0 bridgehead atoms. The van der Waals surface area contributed by atoms with Crippen LogP contribution in [0.2, 0.25) is 0 Å². The van der Waals surface area contributed by atoms with Gasteiger partial charge >= 0.3 is 0 Å². The monoisotopic (exact) mass is 249 g/mol. The minimum Gasteiger partial charge on any atom is -0.354 e. The summed E-state index contributed by atoms with van der Waals surface area (Å²) in [6.45, 7) is 1.40. The van der Waals surface area contributed by atoms with Gasteiger partial charge in [-0.1, -0.05) is 0 Å². The van der Waals surface area contributed by atoms with Crippen molar-refractivity contribution in [3.8, 4) is 0 Å². The molecule has 1 fully saturated rings. The third-order valence-corrected chi connectivity index (χ3v) is 4.55. The van der Waals surface area contributed by atoms with Crippen LogP contribution in [0.25, 0.3) is 0 Å². The van der Waals surface area contributed by atoms with Crippen LogP contribution >= 0.6 is 0 Å². The molecular formula is C9H19N3O3S. The molecule has 94 valence electrons. The average molecular weight is 249 g/mol. The van der Waals surface area contributed by atoms with E-state index in [2.05, 4.69) is 10.6 Å². The van der Waals surface area contributed by atoms with E-state index in [1.54, 1.807) is 19.0 Å². The molecule has 1 aliphatic heterocycles.